The average molecular weight is 307 g/mol. The van der Waals surface area contributed by atoms with Crippen molar-refractivity contribution in [2.45, 2.75) is 31.4 Å². The summed E-state index contributed by atoms with van der Waals surface area (Å²) in [6, 6.07) is 6.76. The Bertz CT molecular complexity index is 501. The number of hydrogen-bond acceptors (Lipinski definition) is 3. The molecule has 0 aliphatic carbocycles. The number of hydrogen-bond donors (Lipinski definition) is 1. The van der Waals surface area contributed by atoms with Crippen LogP contribution in [0, 0.1) is 0 Å². The quantitative estimate of drug-likeness (QED) is 0.908. The van der Waals surface area contributed by atoms with E-state index in [1.807, 2.05) is 16.7 Å². The van der Waals surface area contributed by atoms with Crippen molar-refractivity contribution in [2.75, 3.05) is 18.8 Å². The zero-order valence-corrected chi connectivity index (χ0v) is 13.1. The summed E-state index contributed by atoms with van der Waals surface area (Å²) in [5.74, 6) is 0.308. The van der Waals surface area contributed by atoms with Crippen LogP contribution in [0.25, 0.3) is 0 Å². The maximum atomic E-state index is 12.2. The molecule has 21 heavy (non-hydrogen) atoms. The van der Waals surface area contributed by atoms with Crippen LogP contribution in [0.3, 0.4) is 0 Å². The summed E-state index contributed by atoms with van der Waals surface area (Å²) in [6.07, 6.45) is 2.26. The number of aromatic carboxylic acids is 1. The van der Waals surface area contributed by atoms with Crippen molar-refractivity contribution in [3.8, 4) is 0 Å². The molecule has 1 heterocycles. The van der Waals surface area contributed by atoms with Gasteiger partial charge in [0.15, 0.2) is 0 Å². The van der Waals surface area contributed by atoms with Crippen molar-refractivity contribution < 1.29 is 14.7 Å². The first kappa shape index (κ1) is 15.9. The Hall–Kier alpha value is -1.49. The van der Waals surface area contributed by atoms with E-state index in [-0.39, 0.29) is 11.5 Å². The van der Waals surface area contributed by atoms with Crippen LogP contribution in [0.2, 0.25) is 0 Å². The first-order chi connectivity index (χ1) is 10.1. The van der Waals surface area contributed by atoms with Crippen LogP contribution in [0.1, 0.15) is 35.7 Å². The van der Waals surface area contributed by atoms with E-state index in [9.17, 15) is 9.59 Å². The molecule has 1 saturated heterocycles. The number of rotatable bonds is 5. The number of amides is 1. The molecule has 5 heteroatoms. The van der Waals surface area contributed by atoms with Crippen LogP contribution in [0.15, 0.2) is 24.3 Å². The van der Waals surface area contributed by atoms with Gasteiger partial charge in [-0.1, -0.05) is 19.1 Å². The van der Waals surface area contributed by atoms with Crippen LogP contribution < -0.4 is 0 Å². The van der Waals surface area contributed by atoms with Crippen molar-refractivity contribution >= 4 is 23.6 Å². The van der Waals surface area contributed by atoms with Crippen molar-refractivity contribution in [3.63, 3.8) is 0 Å². The van der Waals surface area contributed by atoms with Gasteiger partial charge in [-0.3, -0.25) is 4.79 Å². The van der Waals surface area contributed by atoms with Crippen molar-refractivity contribution in [1.29, 1.82) is 0 Å². The van der Waals surface area contributed by atoms with Crippen molar-refractivity contribution in [3.05, 3.63) is 35.4 Å². The molecule has 1 unspecified atom stereocenters. The Morgan fingerprint density at radius 2 is 2.05 bits per heavy atom. The normalized spacial score (nSPS) is 18.5. The molecule has 1 atom stereocenters. The van der Waals surface area contributed by atoms with Gasteiger partial charge in [-0.15, -0.1) is 0 Å². The summed E-state index contributed by atoms with van der Waals surface area (Å²) in [7, 11) is 0. The van der Waals surface area contributed by atoms with Crippen molar-refractivity contribution in [1.82, 2.24) is 4.90 Å². The molecule has 0 bridgehead atoms. The molecule has 1 amide bonds. The summed E-state index contributed by atoms with van der Waals surface area (Å²) >= 11 is 1.95. The van der Waals surface area contributed by atoms with Gasteiger partial charge >= 0.3 is 5.97 Å². The van der Waals surface area contributed by atoms with Crippen LogP contribution in [0.4, 0.5) is 0 Å². The molecule has 0 radical (unpaired) electrons. The maximum Gasteiger partial charge on any atom is 0.335 e. The maximum absolute atomic E-state index is 12.2. The molecular formula is C16H21NO3S. The lowest BCUT2D eigenvalue weighted by Crippen LogP contribution is -2.41. The van der Waals surface area contributed by atoms with Crippen LogP contribution in [0.5, 0.6) is 0 Å². The third-order valence-corrected chi connectivity index (χ3v) is 5.15. The predicted octanol–water partition coefficient (Wildman–Crippen LogP) is 2.67. The Balaban J connectivity index is 1.84. The topological polar surface area (TPSA) is 57.6 Å². The van der Waals surface area contributed by atoms with Gasteiger partial charge in [-0.25, -0.2) is 4.79 Å². The van der Waals surface area contributed by atoms with Crippen LogP contribution in [-0.2, 0) is 11.2 Å². The lowest BCUT2D eigenvalue weighted by atomic mass is 10.1. The molecule has 1 N–H and O–H groups in total. The van der Waals surface area contributed by atoms with E-state index >= 15 is 0 Å². The monoisotopic (exact) mass is 307 g/mol. The molecule has 1 aromatic carbocycles. The minimum absolute atomic E-state index is 0.205. The van der Waals surface area contributed by atoms with Gasteiger partial charge in [0.2, 0.25) is 5.91 Å². The van der Waals surface area contributed by atoms with Crippen LogP contribution in [-0.4, -0.2) is 46.0 Å². The fourth-order valence-electron chi connectivity index (χ4n) is 2.42. The fraction of sp³-hybridized carbons (Fsp3) is 0.500. The lowest BCUT2D eigenvalue weighted by Gasteiger charge is -2.32. The molecule has 114 valence electrons. The minimum atomic E-state index is -0.922. The zero-order valence-electron chi connectivity index (χ0n) is 12.2. The van der Waals surface area contributed by atoms with Gasteiger partial charge < -0.3 is 10.0 Å². The number of carboxylic acids is 1. The molecule has 1 fully saturated rings. The third kappa shape index (κ3) is 4.49. The van der Waals surface area contributed by atoms with E-state index in [0.717, 1.165) is 30.8 Å². The molecule has 0 aromatic heterocycles. The number of thioether (sulfide) groups is 1. The van der Waals surface area contributed by atoms with Crippen molar-refractivity contribution in [2.24, 2.45) is 0 Å². The van der Waals surface area contributed by atoms with Gasteiger partial charge in [0.05, 0.1) is 5.56 Å². The summed E-state index contributed by atoms with van der Waals surface area (Å²) in [5.41, 5.74) is 1.29. The highest BCUT2D eigenvalue weighted by Gasteiger charge is 2.22. The highest BCUT2D eigenvalue weighted by atomic mass is 32.2. The molecule has 0 spiro atoms. The Kier molecular flexibility index (Phi) is 5.67. The van der Waals surface area contributed by atoms with E-state index in [1.165, 1.54) is 0 Å². The molecule has 1 aromatic rings. The predicted molar refractivity (Wildman–Crippen MR) is 84.8 cm³/mol. The summed E-state index contributed by atoms with van der Waals surface area (Å²) in [4.78, 5) is 25.0. The number of carbonyl (C=O) groups excluding carboxylic acids is 1. The van der Waals surface area contributed by atoms with Gasteiger partial charge in [-0.05, 0) is 30.5 Å². The number of carboxylic acid groups (broad SMARTS) is 1. The number of benzene rings is 1. The zero-order chi connectivity index (χ0) is 15.2. The highest BCUT2D eigenvalue weighted by Crippen LogP contribution is 2.21. The SMILES string of the molecule is CCC1CN(C(=O)CCc2ccc(C(=O)O)cc2)CCS1. The second-order valence-corrected chi connectivity index (χ2v) is 6.65. The molecule has 1 aliphatic rings. The summed E-state index contributed by atoms with van der Waals surface area (Å²) in [6.45, 7) is 3.87. The van der Waals surface area contributed by atoms with Gasteiger partial charge in [0, 0.05) is 30.5 Å². The standard InChI is InChI=1S/C16H21NO3S/c1-2-14-11-17(9-10-21-14)15(18)8-5-12-3-6-13(7-4-12)16(19)20/h3-4,6-7,14H,2,5,8-11H2,1H3,(H,19,20). The molecule has 4 nitrogen and oxygen atoms in total. The van der Waals surface area contributed by atoms with E-state index in [4.69, 9.17) is 5.11 Å². The smallest absolute Gasteiger partial charge is 0.335 e. The first-order valence-electron chi connectivity index (χ1n) is 7.31. The largest absolute Gasteiger partial charge is 0.478 e. The number of carbonyl (C=O) groups is 2. The van der Waals surface area contributed by atoms with Gasteiger partial charge in [-0.2, -0.15) is 11.8 Å². The number of aryl methyl sites for hydroxylation is 1. The van der Waals surface area contributed by atoms with E-state index in [0.29, 0.717) is 18.1 Å². The Morgan fingerprint density at radius 1 is 1.33 bits per heavy atom. The average Bonchev–Trinajstić information content (AvgIpc) is 2.53. The first-order valence-corrected chi connectivity index (χ1v) is 8.36. The molecular weight excluding hydrogens is 286 g/mol. The minimum Gasteiger partial charge on any atom is -0.478 e. The Morgan fingerprint density at radius 3 is 2.67 bits per heavy atom. The van der Waals surface area contributed by atoms with Gasteiger partial charge in [0.1, 0.15) is 0 Å². The molecule has 0 saturated carbocycles. The van der Waals surface area contributed by atoms with E-state index in [2.05, 4.69) is 6.92 Å². The summed E-state index contributed by atoms with van der Waals surface area (Å²) < 4.78 is 0. The third-order valence-electron chi connectivity index (χ3n) is 3.78. The van der Waals surface area contributed by atoms with Gasteiger partial charge in [0.25, 0.3) is 0 Å². The summed E-state index contributed by atoms with van der Waals surface area (Å²) in [5, 5.41) is 9.42. The Labute approximate surface area is 129 Å². The highest BCUT2D eigenvalue weighted by molar-refractivity contribution is 8.00. The van der Waals surface area contributed by atoms with E-state index < -0.39 is 5.97 Å². The second kappa shape index (κ2) is 7.50. The molecule has 1 aliphatic heterocycles. The lowest BCUT2D eigenvalue weighted by molar-refractivity contribution is -0.131. The van der Waals surface area contributed by atoms with Crippen LogP contribution >= 0.6 is 11.8 Å². The number of nitrogens with zero attached hydrogens (tertiary/aromatic N) is 1. The fourth-order valence-corrected chi connectivity index (χ4v) is 3.60. The molecule has 2 rings (SSSR count). The second-order valence-electron chi connectivity index (χ2n) is 5.24. The van der Waals surface area contributed by atoms with E-state index in [1.54, 1.807) is 24.3 Å².